The van der Waals surface area contributed by atoms with Crippen molar-refractivity contribution >= 4 is 16.3 Å². The number of likely N-dealkylation sites (tertiary alicyclic amines) is 1. The largest absolute Gasteiger partial charge is 0.444 e. The molecule has 2 unspecified atom stereocenters. The van der Waals surface area contributed by atoms with E-state index >= 15 is 0 Å². The summed E-state index contributed by atoms with van der Waals surface area (Å²) in [5, 5.41) is 0. The molecular formula is C15H26FNO6S. The van der Waals surface area contributed by atoms with Crippen LogP contribution in [0.15, 0.2) is 0 Å². The quantitative estimate of drug-likeness (QED) is 0.693. The number of ether oxygens (including phenoxy) is 3. The number of hydrogen-bond acceptors (Lipinski definition) is 6. The normalized spacial score (nSPS) is 29.3. The molecule has 1 spiro atoms. The molecular weight excluding hydrogens is 341 g/mol. The Morgan fingerprint density at radius 1 is 1.33 bits per heavy atom. The first-order valence-corrected chi connectivity index (χ1v) is 9.69. The van der Waals surface area contributed by atoms with Crippen LogP contribution in [0.25, 0.3) is 0 Å². The van der Waals surface area contributed by atoms with E-state index < -0.39 is 33.3 Å². The van der Waals surface area contributed by atoms with Gasteiger partial charge in [0.2, 0.25) is 0 Å². The van der Waals surface area contributed by atoms with E-state index in [2.05, 4.69) is 0 Å². The average Bonchev–Trinajstić information content (AvgIpc) is 2.58. The molecule has 0 radical (unpaired) electrons. The molecule has 140 valence electrons. The predicted molar refractivity (Wildman–Crippen MR) is 85.0 cm³/mol. The number of rotatable bonds is 2. The van der Waals surface area contributed by atoms with Crippen LogP contribution in [0, 0.1) is 0 Å². The fraction of sp³-hybridized carbons (Fsp3) is 0.933. The summed E-state index contributed by atoms with van der Waals surface area (Å²) in [5.74, 6) is -0.704. The summed E-state index contributed by atoms with van der Waals surface area (Å²) in [7, 11) is -4.62. The minimum Gasteiger partial charge on any atom is -0.444 e. The second-order valence-electron chi connectivity index (χ2n) is 7.46. The molecule has 0 bridgehead atoms. The number of hydrogen-bond donors (Lipinski definition) is 0. The maximum Gasteiger partial charge on any atom is 0.410 e. The van der Waals surface area contributed by atoms with Gasteiger partial charge in [-0.2, -0.15) is 8.42 Å². The number of halogens is 1. The van der Waals surface area contributed by atoms with E-state index in [9.17, 15) is 17.1 Å². The van der Waals surface area contributed by atoms with E-state index in [4.69, 9.17) is 14.2 Å². The Bertz CT molecular complexity index is 561. The fourth-order valence-corrected chi connectivity index (χ4v) is 3.65. The Balaban J connectivity index is 1.97. The lowest BCUT2D eigenvalue weighted by Crippen LogP contribution is -2.50. The van der Waals surface area contributed by atoms with Crippen LogP contribution in [0.1, 0.15) is 40.0 Å². The molecule has 2 rings (SSSR count). The van der Waals surface area contributed by atoms with E-state index in [0.717, 1.165) is 0 Å². The summed E-state index contributed by atoms with van der Waals surface area (Å²) in [5.41, 5.74) is -1.24. The third-order valence-electron chi connectivity index (χ3n) is 4.02. The van der Waals surface area contributed by atoms with Crippen LogP contribution in [-0.2, 0) is 24.4 Å². The van der Waals surface area contributed by atoms with Gasteiger partial charge in [0.25, 0.3) is 0 Å². The van der Waals surface area contributed by atoms with E-state index in [1.165, 1.54) is 0 Å². The highest BCUT2D eigenvalue weighted by Crippen LogP contribution is 2.32. The Hall–Kier alpha value is -0.930. The van der Waals surface area contributed by atoms with Crippen molar-refractivity contribution < 1.29 is 31.3 Å². The zero-order valence-electron chi connectivity index (χ0n) is 14.4. The Kier molecular flexibility index (Phi) is 5.76. The van der Waals surface area contributed by atoms with Crippen molar-refractivity contribution in [2.45, 2.75) is 57.3 Å². The SMILES string of the molecule is CC(C)(C)OC(=O)N1CCCC2(CC1)COCC(CS(=O)(=O)F)O2. The Morgan fingerprint density at radius 2 is 2.04 bits per heavy atom. The monoisotopic (exact) mass is 367 g/mol. The van der Waals surface area contributed by atoms with Gasteiger partial charge < -0.3 is 19.1 Å². The lowest BCUT2D eigenvalue weighted by Gasteiger charge is -2.40. The molecule has 0 saturated carbocycles. The summed E-state index contributed by atoms with van der Waals surface area (Å²) in [6.45, 7) is 6.76. The van der Waals surface area contributed by atoms with Gasteiger partial charge in [0.15, 0.2) is 0 Å². The third kappa shape index (κ3) is 5.86. The van der Waals surface area contributed by atoms with E-state index in [1.807, 2.05) is 20.8 Å². The molecule has 0 aromatic heterocycles. The molecule has 2 fully saturated rings. The highest BCUT2D eigenvalue weighted by atomic mass is 32.3. The molecule has 0 aromatic rings. The summed E-state index contributed by atoms with van der Waals surface area (Å²) >= 11 is 0. The van der Waals surface area contributed by atoms with Gasteiger partial charge in [-0.3, -0.25) is 0 Å². The van der Waals surface area contributed by atoms with Crippen LogP contribution in [0.3, 0.4) is 0 Å². The van der Waals surface area contributed by atoms with Crippen LogP contribution in [0.4, 0.5) is 8.68 Å². The first kappa shape index (κ1) is 19.4. The molecule has 1 amide bonds. The number of nitrogens with zero attached hydrogens (tertiary/aromatic N) is 1. The van der Waals surface area contributed by atoms with Gasteiger partial charge >= 0.3 is 16.3 Å². The second kappa shape index (κ2) is 7.13. The smallest absolute Gasteiger partial charge is 0.410 e. The van der Waals surface area contributed by atoms with Gasteiger partial charge in [0.05, 0.1) is 24.9 Å². The van der Waals surface area contributed by atoms with Crippen molar-refractivity contribution in [2.24, 2.45) is 0 Å². The minimum atomic E-state index is -4.62. The van der Waals surface area contributed by atoms with Crippen LogP contribution in [-0.4, -0.2) is 68.8 Å². The average molecular weight is 367 g/mol. The summed E-state index contributed by atoms with van der Waals surface area (Å²) in [4.78, 5) is 13.8. The van der Waals surface area contributed by atoms with Gasteiger partial charge in [-0.25, -0.2) is 4.79 Å². The van der Waals surface area contributed by atoms with Crippen molar-refractivity contribution in [3.05, 3.63) is 0 Å². The molecule has 0 N–H and O–H groups in total. The number of carbonyl (C=O) groups excluding carboxylic acids is 1. The van der Waals surface area contributed by atoms with Gasteiger partial charge in [-0.15, -0.1) is 3.89 Å². The highest BCUT2D eigenvalue weighted by molar-refractivity contribution is 7.86. The fourth-order valence-electron chi connectivity index (χ4n) is 3.04. The number of amides is 1. The summed E-state index contributed by atoms with van der Waals surface area (Å²) in [6.07, 6.45) is 0.600. The standard InChI is InChI=1S/C15H26FNO6S/c1-14(2,3)23-13(18)17-7-4-5-15(6-8-17)11-21-9-12(22-15)10-24(16,19)20/h12H,4-11H2,1-3H3. The lowest BCUT2D eigenvalue weighted by molar-refractivity contribution is -0.196. The van der Waals surface area contributed by atoms with E-state index in [0.29, 0.717) is 39.0 Å². The maximum absolute atomic E-state index is 12.9. The Morgan fingerprint density at radius 3 is 2.67 bits per heavy atom. The first-order valence-electron chi connectivity index (χ1n) is 8.14. The lowest BCUT2D eigenvalue weighted by atomic mass is 9.94. The van der Waals surface area contributed by atoms with Crippen LogP contribution >= 0.6 is 0 Å². The third-order valence-corrected chi connectivity index (χ3v) is 4.79. The zero-order valence-corrected chi connectivity index (χ0v) is 15.2. The number of carbonyl (C=O) groups is 1. The highest BCUT2D eigenvalue weighted by Gasteiger charge is 2.41. The molecule has 2 aliphatic heterocycles. The molecule has 7 nitrogen and oxygen atoms in total. The van der Waals surface area contributed by atoms with Crippen molar-refractivity contribution in [1.29, 1.82) is 0 Å². The molecule has 0 aliphatic carbocycles. The van der Waals surface area contributed by atoms with Crippen LogP contribution < -0.4 is 0 Å². The van der Waals surface area contributed by atoms with Crippen LogP contribution in [0.2, 0.25) is 0 Å². The molecule has 2 saturated heterocycles. The molecule has 2 atom stereocenters. The van der Waals surface area contributed by atoms with E-state index in [-0.39, 0.29) is 12.7 Å². The molecule has 24 heavy (non-hydrogen) atoms. The van der Waals surface area contributed by atoms with Gasteiger partial charge in [-0.1, -0.05) is 0 Å². The van der Waals surface area contributed by atoms with Crippen molar-refractivity contribution in [3.63, 3.8) is 0 Å². The molecule has 2 heterocycles. The zero-order chi connectivity index (χ0) is 18.0. The van der Waals surface area contributed by atoms with Gasteiger partial charge in [0, 0.05) is 13.1 Å². The van der Waals surface area contributed by atoms with Crippen molar-refractivity contribution in [2.75, 3.05) is 32.1 Å². The van der Waals surface area contributed by atoms with Crippen molar-refractivity contribution in [1.82, 2.24) is 4.90 Å². The maximum atomic E-state index is 12.9. The van der Waals surface area contributed by atoms with Crippen LogP contribution in [0.5, 0.6) is 0 Å². The topological polar surface area (TPSA) is 82.1 Å². The second-order valence-corrected chi connectivity index (χ2v) is 8.88. The van der Waals surface area contributed by atoms with E-state index in [1.54, 1.807) is 4.90 Å². The Labute approximate surface area is 142 Å². The molecule has 0 aromatic carbocycles. The first-order chi connectivity index (χ1) is 11.0. The van der Waals surface area contributed by atoms with Crippen molar-refractivity contribution in [3.8, 4) is 0 Å². The summed E-state index contributed by atoms with van der Waals surface area (Å²) in [6, 6.07) is 0. The predicted octanol–water partition coefficient (Wildman–Crippen LogP) is 1.86. The summed E-state index contributed by atoms with van der Waals surface area (Å²) < 4.78 is 51.3. The minimum absolute atomic E-state index is 0.0562. The van der Waals surface area contributed by atoms with Gasteiger partial charge in [-0.05, 0) is 40.0 Å². The molecule has 2 aliphatic rings. The van der Waals surface area contributed by atoms with Gasteiger partial charge in [0.1, 0.15) is 11.4 Å². The molecule has 9 heteroatoms.